The van der Waals surface area contributed by atoms with Crippen LogP contribution in [0.2, 0.25) is 0 Å². The van der Waals surface area contributed by atoms with Gasteiger partial charge in [0.2, 0.25) is 0 Å². The van der Waals surface area contributed by atoms with Crippen molar-refractivity contribution in [1.29, 1.82) is 0 Å². The highest BCUT2D eigenvalue weighted by Crippen LogP contribution is 2.23. The number of rotatable bonds is 7. The van der Waals surface area contributed by atoms with Crippen molar-refractivity contribution in [3.8, 4) is 5.69 Å². The number of nitrogens with zero attached hydrogens (tertiary/aromatic N) is 4. The second-order valence-electron chi connectivity index (χ2n) is 8.11. The van der Waals surface area contributed by atoms with Gasteiger partial charge in [-0.05, 0) is 50.3 Å². The standard InChI is InChI=1S/C23H28N6O3/c1-15-24-11-21(22(27-15)28-17-4-8-20(31)9-5-17)23(32)25-10-16-2-6-19(7-3-16)29-12-18(13-30)26-14-29/h2-3,6-7,11-12,14,17,20,30-31H,4-5,8-10,13H2,1H3,(H,25,32)(H,24,27,28). The van der Waals surface area contributed by atoms with Gasteiger partial charge in [-0.2, -0.15) is 0 Å². The predicted molar refractivity (Wildman–Crippen MR) is 119 cm³/mol. The van der Waals surface area contributed by atoms with Gasteiger partial charge in [-0.3, -0.25) is 4.79 Å². The van der Waals surface area contributed by atoms with Gasteiger partial charge in [0.15, 0.2) is 0 Å². The molecule has 4 rings (SSSR count). The number of amides is 1. The summed E-state index contributed by atoms with van der Waals surface area (Å²) in [5.74, 6) is 0.889. The first-order chi connectivity index (χ1) is 15.5. The Morgan fingerprint density at radius 2 is 1.91 bits per heavy atom. The Balaban J connectivity index is 1.39. The van der Waals surface area contributed by atoms with Gasteiger partial charge >= 0.3 is 0 Å². The Kier molecular flexibility index (Phi) is 6.77. The summed E-state index contributed by atoms with van der Waals surface area (Å²) < 4.78 is 1.83. The zero-order valence-corrected chi connectivity index (χ0v) is 18.0. The van der Waals surface area contributed by atoms with Crippen molar-refractivity contribution in [3.05, 3.63) is 65.6 Å². The number of hydrogen-bond donors (Lipinski definition) is 4. The van der Waals surface area contributed by atoms with Gasteiger partial charge < -0.3 is 25.4 Å². The van der Waals surface area contributed by atoms with Gasteiger partial charge in [-0.15, -0.1) is 0 Å². The van der Waals surface area contributed by atoms with Crippen LogP contribution in [-0.2, 0) is 13.2 Å². The third-order valence-electron chi connectivity index (χ3n) is 5.68. The quantitative estimate of drug-likeness (QED) is 0.447. The number of anilines is 1. The Morgan fingerprint density at radius 1 is 1.16 bits per heavy atom. The van der Waals surface area contributed by atoms with Crippen LogP contribution in [0.25, 0.3) is 5.69 Å². The molecule has 1 fully saturated rings. The molecule has 168 valence electrons. The molecule has 0 unspecified atom stereocenters. The Morgan fingerprint density at radius 3 is 2.59 bits per heavy atom. The Bertz CT molecular complexity index is 1060. The van der Waals surface area contributed by atoms with E-state index in [0.717, 1.165) is 36.9 Å². The van der Waals surface area contributed by atoms with Crippen LogP contribution in [0.5, 0.6) is 0 Å². The zero-order chi connectivity index (χ0) is 22.5. The van der Waals surface area contributed by atoms with Crippen molar-refractivity contribution >= 4 is 11.7 Å². The van der Waals surface area contributed by atoms with Crippen molar-refractivity contribution in [1.82, 2.24) is 24.8 Å². The molecule has 4 N–H and O–H groups in total. The first-order valence-electron chi connectivity index (χ1n) is 10.8. The number of aliphatic hydroxyl groups is 2. The van der Waals surface area contributed by atoms with Crippen molar-refractivity contribution < 1.29 is 15.0 Å². The smallest absolute Gasteiger partial charge is 0.256 e. The maximum Gasteiger partial charge on any atom is 0.256 e. The molecule has 1 aliphatic carbocycles. The molecule has 32 heavy (non-hydrogen) atoms. The number of hydrogen-bond acceptors (Lipinski definition) is 7. The molecule has 1 amide bonds. The molecule has 0 saturated heterocycles. The molecule has 2 aromatic heterocycles. The second kappa shape index (κ2) is 9.88. The van der Waals surface area contributed by atoms with Crippen LogP contribution in [0.4, 0.5) is 5.82 Å². The summed E-state index contributed by atoms with van der Waals surface area (Å²) in [4.78, 5) is 25.6. The molecule has 0 bridgehead atoms. The maximum atomic E-state index is 12.9. The van der Waals surface area contributed by atoms with Crippen molar-refractivity contribution in [2.75, 3.05) is 5.32 Å². The number of aromatic nitrogens is 4. The zero-order valence-electron chi connectivity index (χ0n) is 18.0. The minimum Gasteiger partial charge on any atom is -0.393 e. The number of aryl methyl sites for hydroxylation is 1. The lowest BCUT2D eigenvalue weighted by Gasteiger charge is -2.27. The Labute approximate surface area is 186 Å². The number of imidazole rings is 1. The molecule has 3 aromatic rings. The average Bonchev–Trinajstić information content (AvgIpc) is 3.29. The number of benzene rings is 1. The number of aliphatic hydroxyl groups excluding tert-OH is 2. The van der Waals surface area contributed by atoms with Crippen LogP contribution in [0.15, 0.2) is 43.0 Å². The maximum absolute atomic E-state index is 12.9. The largest absolute Gasteiger partial charge is 0.393 e. The van der Waals surface area contributed by atoms with Crippen LogP contribution in [-0.4, -0.2) is 47.8 Å². The van der Waals surface area contributed by atoms with Gasteiger partial charge in [0, 0.05) is 30.7 Å². The minimum atomic E-state index is -0.241. The van der Waals surface area contributed by atoms with Crippen LogP contribution in [0, 0.1) is 6.92 Å². The lowest BCUT2D eigenvalue weighted by molar-refractivity contribution is 0.0950. The van der Waals surface area contributed by atoms with E-state index in [1.807, 2.05) is 28.8 Å². The molecule has 1 aromatic carbocycles. The molecule has 9 heteroatoms. The van der Waals surface area contributed by atoms with Crippen molar-refractivity contribution in [2.45, 2.75) is 57.9 Å². The number of carbonyl (C=O) groups excluding carboxylic acids is 1. The molecule has 0 atom stereocenters. The molecule has 1 aliphatic rings. The molecular formula is C23H28N6O3. The summed E-state index contributed by atoms with van der Waals surface area (Å²) in [5.41, 5.74) is 2.89. The monoisotopic (exact) mass is 436 g/mol. The van der Waals surface area contributed by atoms with Gasteiger partial charge in [-0.1, -0.05) is 12.1 Å². The second-order valence-corrected chi connectivity index (χ2v) is 8.11. The van der Waals surface area contributed by atoms with E-state index in [9.17, 15) is 9.90 Å². The van der Waals surface area contributed by atoms with Gasteiger partial charge in [0.25, 0.3) is 5.91 Å². The van der Waals surface area contributed by atoms with E-state index in [2.05, 4.69) is 25.6 Å². The first-order valence-corrected chi connectivity index (χ1v) is 10.8. The van der Waals surface area contributed by atoms with Crippen LogP contribution in [0.1, 0.15) is 53.1 Å². The number of carbonyl (C=O) groups is 1. The molecule has 9 nitrogen and oxygen atoms in total. The van der Waals surface area contributed by atoms with Crippen LogP contribution < -0.4 is 10.6 Å². The average molecular weight is 437 g/mol. The van der Waals surface area contributed by atoms with Crippen molar-refractivity contribution in [3.63, 3.8) is 0 Å². The lowest BCUT2D eigenvalue weighted by atomic mass is 9.93. The predicted octanol–water partition coefficient (Wildman–Crippen LogP) is 2.11. The van der Waals surface area contributed by atoms with Gasteiger partial charge in [0.05, 0.1) is 24.7 Å². The Hall–Kier alpha value is -3.30. The summed E-state index contributed by atoms with van der Waals surface area (Å²) in [7, 11) is 0. The highest BCUT2D eigenvalue weighted by atomic mass is 16.3. The summed E-state index contributed by atoms with van der Waals surface area (Å²) in [6.07, 6.45) is 7.93. The molecule has 0 spiro atoms. The highest BCUT2D eigenvalue weighted by molar-refractivity contribution is 5.98. The first kappa shape index (κ1) is 21.9. The van der Waals surface area contributed by atoms with Crippen molar-refractivity contribution in [2.24, 2.45) is 0 Å². The van der Waals surface area contributed by atoms with E-state index in [1.165, 1.54) is 0 Å². The fourth-order valence-electron chi connectivity index (χ4n) is 3.81. The molecular weight excluding hydrogens is 408 g/mol. The SMILES string of the molecule is Cc1ncc(C(=O)NCc2ccc(-n3cnc(CO)c3)cc2)c(NC2CCC(O)CC2)n1. The van der Waals surface area contributed by atoms with Gasteiger partial charge in [-0.25, -0.2) is 15.0 Å². The van der Waals surface area contributed by atoms with E-state index in [-0.39, 0.29) is 24.7 Å². The molecule has 0 radical (unpaired) electrons. The van der Waals surface area contributed by atoms with E-state index in [0.29, 0.717) is 29.4 Å². The molecule has 0 aliphatic heterocycles. The fraction of sp³-hybridized carbons (Fsp3) is 0.391. The molecule has 1 saturated carbocycles. The minimum absolute atomic E-state index is 0.0978. The van der Waals surface area contributed by atoms with E-state index < -0.39 is 0 Å². The highest BCUT2D eigenvalue weighted by Gasteiger charge is 2.22. The summed E-state index contributed by atoms with van der Waals surface area (Å²) in [5, 5.41) is 25.2. The number of nitrogens with one attached hydrogen (secondary N) is 2. The van der Waals surface area contributed by atoms with E-state index in [4.69, 9.17) is 5.11 Å². The lowest BCUT2D eigenvalue weighted by Crippen LogP contribution is -2.31. The van der Waals surface area contributed by atoms with Gasteiger partial charge in [0.1, 0.15) is 17.2 Å². The van der Waals surface area contributed by atoms with Crippen LogP contribution in [0.3, 0.4) is 0 Å². The summed E-state index contributed by atoms with van der Waals surface area (Å²) >= 11 is 0. The van der Waals surface area contributed by atoms with E-state index >= 15 is 0 Å². The third kappa shape index (κ3) is 5.30. The normalized spacial score (nSPS) is 18.3. The fourth-order valence-corrected chi connectivity index (χ4v) is 3.81. The topological polar surface area (TPSA) is 125 Å². The third-order valence-corrected chi connectivity index (χ3v) is 5.68. The molecule has 2 heterocycles. The van der Waals surface area contributed by atoms with Crippen LogP contribution >= 0.6 is 0 Å². The summed E-state index contributed by atoms with van der Waals surface area (Å²) in [6.45, 7) is 2.07. The summed E-state index contributed by atoms with van der Waals surface area (Å²) in [6, 6.07) is 7.92. The van der Waals surface area contributed by atoms with E-state index in [1.54, 1.807) is 25.6 Å².